The van der Waals surface area contributed by atoms with Crippen molar-refractivity contribution in [2.75, 3.05) is 5.73 Å². The Morgan fingerprint density at radius 1 is 1.11 bits per heavy atom. The highest BCUT2D eigenvalue weighted by molar-refractivity contribution is 6.45. The maximum absolute atomic E-state index is 10.8. The molecule has 0 radical (unpaired) electrons. The predicted molar refractivity (Wildman–Crippen MR) is 74.5 cm³/mol. The number of carbonyl (C=O) groups excluding carboxylic acids is 1. The average Bonchev–Trinajstić information content (AvgIpc) is 2.34. The zero-order chi connectivity index (χ0) is 13.3. The van der Waals surface area contributed by atoms with Crippen LogP contribution in [0.2, 0.25) is 15.1 Å². The number of nitrogens with two attached hydrogens (primary N) is 1. The fraction of sp³-hybridized carbons (Fsp3) is 0. The van der Waals surface area contributed by atoms with Crippen molar-refractivity contribution in [2.45, 2.75) is 0 Å². The second kappa shape index (κ2) is 5.14. The molecule has 6 heteroatoms. The van der Waals surface area contributed by atoms with E-state index in [4.69, 9.17) is 40.5 Å². The van der Waals surface area contributed by atoms with Gasteiger partial charge in [0.2, 0.25) is 0 Å². The molecule has 2 N–H and O–H groups in total. The average molecular weight is 302 g/mol. The van der Waals surface area contributed by atoms with E-state index in [2.05, 4.69) is 4.98 Å². The third kappa shape index (κ3) is 2.43. The topological polar surface area (TPSA) is 56.0 Å². The van der Waals surface area contributed by atoms with Gasteiger partial charge in [0.25, 0.3) is 0 Å². The van der Waals surface area contributed by atoms with Crippen LogP contribution in [0.1, 0.15) is 10.4 Å². The summed E-state index contributed by atoms with van der Waals surface area (Å²) in [5, 5.41) is 1.06. The van der Waals surface area contributed by atoms with Gasteiger partial charge in [0.05, 0.1) is 10.0 Å². The van der Waals surface area contributed by atoms with Gasteiger partial charge in [-0.25, -0.2) is 4.98 Å². The van der Waals surface area contributed by atoms with Crippen LogP contribution in [0.4, 0.5) is 5.82 Å². The Hall–Kier alpha value is -1.29. The Morgan fingerprint density at radius 2 is 1.83 bits per heavy atom. The Bertz CT molecular complexity index is 629. The zero-order valence-corrected chi connectivity index (χ0v) is 11.2. The van der Waals surface area contributed by atoms with Gasteiger partial charge in [-0.3, -0.25) is 4.79 Å². The minimum absolute atomic E-state index is 0.251. The maximum Gasteiger partial charge on any atom is 0.151 e. The molecule has 3 nitrogen and oxygen atoms in total. The van der Waals surface area contributed by atoms with Crippen LogP contribution in [0.5, 0.6) is 0 Å². The van der Waals surface area contributed by atoms with Gasteiger partial charge >= 0.3 is 0 Å². The van der Waals surface area contributed by atoms with Gasteiger partial charge in [0.1, 0.15) is 5.82 Å². The molecule has 92 valence electrons. The van der Waals surface area contributed by atoms with Crippen molar-refractivity contribution in [3.63, 3.8) is 0 Å². The van der Waals surface area contributed by atoms with Crippen molar-refractivity contribution in [1.29, 1.82) is 0 Å². The van der Waals surface area contributed by atoms with E-state index in [1.807, 2.05) is 0 Å². The van der Waals surface area contributed by atoms with E-state index in [0.29, 0.717) is 38.0 Å². The number of hydrogen-bond acceptors (Lipinski definition) is 3. The van der Waals surface area contributed by atoms with Gasteiger partial charge in [-0.15, -0.1) is 0 Å². The molecule has 0 aliphatic carbocycles. The number of aldehydes is 1. The number of benzene rings is 1. The van der Waals surface area contributed by atoms with Crippen molar-refractivity contribution in [3.05, 3.63) is 45.0 Å². The second-order valence-corrected chi connectivity index (χ2v) is 4.79. The lowest BCUT2D eigenvalue weighted by molar-refractivity contribution is 0.112. The zero-order valence-electron chi connectivity index (χ0n) is 8.95. The highest BCUT2D eigenvalue weighted by atomic mass is 35.5. The molecule has 2 aromatic rings. The molecular weight excluding hydrogens is 295 g/mol. The molecule has 0 aliphatic heterocycles. The van der Waals surface area contributed by atoms with Crippen LogP contribution in [0.15, 0.2) is 24.4 Å². The van der Waals surface area contributed by atoms with Crippen molar-refractivity contribution < 1.29 is 4.79 Å². The Kier molecular flexibility index (Phi) is 3.76. The number of pyridine rings is 1. The number of nitrogen functional groups attached to an aromatic ring is 1. The van der Waals surface area contributed by atoms with E-state index in [9.17, 15) is 4.79 Å². The summed E-state index contributed by atoms with van der Waals surface area (Å²) >= 11 is 18.0. The summed E-state index contributed by atoms with van der Waals surface area (Å²) in [6.45, 7) is 0. The lowest BCUT2D eigenvalue weighted by Gasteiger charge is -2.09. The standard InChI is InChI=1S/C12H7Cl3N2O/c13-7-2-8(11(15)10(14)3-7)9-1-6(5-18)4-17-12(9)16/h1-5H,(H2,16,17). The number of hydrogen-bond donors (Lipinski definition) is 1. The van der Waals surface area contributed by atoms with Gasteiger partial charge in [-0.2, -0.15) is 0 Å². The fourth-order valence-corrected chi connectivity index (χ4v) is 2.23. The van der Waals surface area contributed by atoms with E-state index in [-0.39, 0.29) is 5.82 Å². The van der Waals surface area contributed by atoms with Crippen LogP contribution in [-0.2, 0) is 0 Å². The molecule has 0 atom stereocenters. The number of carbonyl (C=O) groups is 1. The van der Waals surface area contributed by atoms with Crippen molar-refractivity contribution in [1.82, 2.24) is 4.98 Å². The SMILES string of the molecule is Nc1ncc(C=O)cc1-c1cc(Cl)cc(Cl)c1Cl. The number of aromatic nitrogens is 1. The molecule has 0 spiro atoms. The molecule has 1 aromatic carbocycles. The molecule has 0 unspecified atom stereocenters. The van der Waals surface area contributed by atoms with Gasteiger partial charge in [-0.05, 0) is 18.2 Å². The Balaban J connectivity index is 2.72. The third-order valence-corrected chi connectivity index (χ3v) is 3.38. The van der Waals surface area contributed by atoms with Crippen LogP contribution in [0, 0.1) is 0 Å². The minimum atomic E-state index is 0.251. The van der Waals surface area contributed by atoms with Crippen LogP contribution >= 0.6 is 34.8 Å². The molecule has 0 amide bonds. The monoisotopic (exact) mass is 300 g/mol. The summed E-state index contributed by atoms with van der Waals surface area (Å²) in [5.41, 5.74) is 7.23. The smallest absolute Gasteiger partial charge is 0.151 e. The molecule has 18 heavy (non-hydrogen) atoms. The molecule has 2 rings (SSSR count). The van der Waals surface area contributed by atoms with E-state index in [1.165, 1.54) is 12.3 Å². The van der Waals surface area contributed by atoms with Crippen molar-refractivity contribution in [2.24, 2.45) is 0 Å². The number of anilines is 1. The summed E-state index contributed by atoms with van der Waals surface area (Å²) in [6.07, 6.45) is 2.06. The van der Waals surface area contributed by atoms with Crippen molar-refractivity contribution in [3.8, 4) is 11.1 Å². The van der Waals surface area contributed by atoms with E-state index in [1.54, 1.807) is 12.1 Å². The van der Waals surface area contributed by atoms with E-state index >= 15 is 0 Å². The number of halogens is 3. The quantitative estimate of drug-likeness (QED) is 0.671. The van der Waals surface area contributed by atoms with Crippen LogP contribution in [0.25, 0.3) is 11.1 Å². The van der Waals surface area contributed by atoms with Crippen LogP contribution < -0.4 is 5.73 Å². The summed E-state index contributed by atoms with van der Waals surface area (Å²) in [4.78, 5) is 14.7. The summed E-state index contributed by atoms with van der Waals surface area (Å²) < 4.78 is 0. The highest BCUT2D eigenvalue weighted by Gasteiger charge is 2.13. The lowest BCUT2D eigenvalue weighted by Crippen LogP contribution is -1.96. The minimum Gasteiger partial charge on any atom is -0.383 e. The van der Waals surface area contributed by atoms with E-state index < -0.39 is 0 Å². The summed E-state index contributed by atoms with van der Waals surface area (Å²) in [6, 6.07) is 4.74. The molecule has 0 bridgehead atoms. The molecule has 0 saturated heterocycles. The fourth-order valence-electron chi connectivity index (χ4n) is 1.52. The summed E-state index contributed by atoms with van der Waals surface area (Å²) in [7, 11) is 0. The van der Waals surface area contributed by atoms with Crippen molar-refractivity contribution >= 4 is 46.9 Å². The third-order valence-electron chi connectivity index (χ3n) is 2.36. The van der Waals surface area contributed by atoms with Gasteiger partial charge < -0.3 is 5.73 Å². The first kappa shape index (κ1) is 13.1. The number of nitrogens with zero attached hydrogens (tertiary/aromatic N) is 1. The largest absolute Gasteiger partial charge is 0.383 e. The molecule has 0 saturated carbocycles. The lowest BCUT2D eigenvalue weighted by atomic mass is 10.0. The first-order valence-corrected chi connectivity index (χ1v) is 6.02. The maximum atomic E-state index is 10.8. The molecular formula is C12H7Cl3N2O. The van der Waals surface area contributed by atoms with Crippen LogP contribution in [0.3, 0.4) is 0 Å². The molecule has 0 fully saturated rings. The Morgan fingerprint density at radius 3 is 2.50 bits per heavy atom. The summed E-state index contributed by atoms with van der Waals surface area (Å²) in [5.74, 6) is 0.251. The second-order valence-electron chi connectivity index (χ2n) is 3.57. The first-order chi connectivity index (χ1) is 8.52. The number of rotatable bonds is 2. The highest BCUT2D eigenvalue weighted by Crippen LogP contribution is 2.38. The molecule has 0 aliphatic rings. The van der Waals surface area contributed by atoms with Gasteiger partial charge in [0.15, 0.2) is 6.29 Å². The normalized spacial score (nSPS) is 10.4. The van der Waals surface area contributed by atoms with Gasteiger partial charge in [0, 0.05) is 27.9 Å². The van der Waals surface area contributed by atoms with Crippen LogP contribution in [-0.4, -0.2) is 11.3 Å². The Labute approximate surface area is 118 Å². The van der Waals surface area contributed by atoms with Gasteiger partial charge in [-0.1, -0.05) is 34.8 Å². The molecule has 1 heterocycles. The molecule has 1 aromatic heterocycles. The predicted octanol–water partition coefficient (Wildman–Crippen LogP) is 4.10. The first-order valence-electron chi connectivity index (χ1n) is 4.88. The van der Waals surface area contributed by atoms with E-state index in [0.717, 1.165) is 0 Å².